The van der Waals surface area contributed by atoms with Crippen LogP contribution < -0.4 is 9.47 Å². The van der Waals surface area contributed by atoms with Crippen LogP contribution in [0.5, 0.6) is 11.5 Å². The molecule has 2 aromatic carbocycles. The average molecular weight is 433 g/mol. The second-order valence-corrected chi connectivity index (χ2v) is 9.45. The Kier molecular flexibility index (Phi) is 6.99. The van der Waals surface area contributed by atoms with E-state index in [9.17, 15) is 13.2 Å². The molecule has 3 rings (SSSR count). The first-order chi connectivity index (χ1) is 14.4. The molecule has 162 valence electrons. The Labute approximate surface area is 178 Å². The Balaban J connectivity index is 1.61. The molecule has 0 N–H and O–H groups in total. The van der Waals surface area contributed by atoms with Crippen LogP contribution in [0.15, 0.2) is 47.4 Å². The molecule has 1 fully saturated rings. The van der Waals surface area contributed by atoms with Crippen molar-refractivity contribution in [3.63, 3.8) is 0 Å². The zero-order chi connectivity index (χ0) is 21.7. The van der Waals surface area contributed by atoms with Crippen molar-refractivity contribution in [2.45, 2.75) is 18.4 Å². The number of methoxy groups -OCH3 is 2. The fourth-order valence-electron chi connectivity index (χ4n) is 3.51. The van der Waals surface area contributed by atoms with E-state index in [1.807, 2.05) is 23.1 Å². The summed E-state index contributed by atoms with van der Waals surface area (Å²) in [5.41, 5.74) is 1.55. The monoisotopic (exact) mass is 432 g/mol. The van der Waals surface area contributed by atoms with Crippen LogP contribution in [0.3, 0.4) is 0 Å². The molecule has 1 amide bonds. The van der Waals surface area contributed by atoms with Gasteiger partial charge in [-0.2, -0.15) is 0 Å². The number of hydrogen-bond acceptors (Lipinski definition) is 6. The Morgan fingerprint density at radius 3 is 2.20 bits per heavy atom. The van der Waals surface area contributed by atoms with E-state index < -0.39 is 9.84 Å². The molecule has 0 radical (unpaired) electrons. The van der Waals surface area contributed by atoms with Gasteiger partial charge in [-0.25, -0.2) is 8.42 Å². The number of carbonyl (C=O) groups excluding carboxylic acids is 1. The maximum atomic E-state index is 12.8. The lowest BCUT2D eigenvalue weighted by atomic mass is 10.1. The normalized spacial score (nSPS) is 15.1. The molecule has 2 aromatic rings. The smallest absolute Gasteiger partial charge is 0.253 e. The predicted octanol–water partition coefficient (Wildman–Crippen LogP) is 2.46. The molecule has 0 aromatic heterocycles. The number of carbonyl (C=O) groups is 1. The second-order valence-electron chi connectivity index (χ2n) is 7.17. The number of rotatable bonds is 7. The van der Waals surface area contributed by atoms with Crippen LogP contribution in [0.25, 0.3) is 0 Å². The molecule has 8 heteroatoms. The number of ether oxygens (including phenoxy) is 2. The lowest BCUT2D eigenvalue weighted by Crippen LogP contribution is -2.48. The van der Waals surface area contributed by atoms with Crippen LogP contribution in [-0.4, -0.2) is 70.3 Å². The highest BCUT2D eigenvalue weighted by molar-refractivity contribution is 7.91. The van der Waals surface area contributed by atoms with Crippen LogP contribution >= 0.6 is 0 Å². The zero-order valence-electron chi connectivity index (χ0n) is 17.6. The van der Waals surface area contributed by atoms with Gasteiger partial charge < -0.3 is 14.4 Å². The summed E-state index contributed by atoms with van der Waals surface area (Å²) < 4.78 is 34.6. The number of nitrogens with zero attached hydrogens (tertiary/aromatic N) is 2. The van der Waals surface area contributed by atoms with Crippen LogP contribution in [0.2, 0.25) is 0 Å². The third-order valence-corrected chi connectivity index (χ3v) is 7.13. The molecular weight excluding hydrogens is 404 g/mol. The number of piperazine rings is 1. The third kappa shape index (κ3) is 4.94. The Hall–Kier alpha value is -2.58. The first-order valence-corrected chi connectivity index (χ1v) is 11.6. The minimum absolute atomic E-state index is 0.0420. The van der Waals surface area contributed by atoms with E-state index in [4.69, 9.17) is 9.47 Å². The van der Waals surface area contributed by atoms with Gasteiger partial charge in [0.05, 0.1) is 24.9 Å². The predicted molar refractivity (Wildman–Crippen MR) is 115 cm³/mol. The highest BCUT2D eigenvalue weighted by atomic mass is 32.2. The summed E-state index contributed by atoms with van der Waals surface area (Å²) in [6, 6.07) is 12.0. The molecule has 0 saturated carbocycles. The summed E-state index contributed by atoms with van der Waals surface area (Å²) in [7, 11) is 0.0266. The summed E-state index contributed by atoms with van der Waals surface area (Å²) in [6.07, 6.45) is 0. The number of amides is 1. The maximum Gasteiger partial charge on any atom is 0.253 e. The van der Waals surface area contributed by atoms with Crippen molar-refractivity contribution in [2.24, 2.45) is 0 Å². The summed E-state index contributed by atoms with van der Waals surface area (Å²) in [5.74, 6) is 1.57. The Morgan fingerprint density at radius 1 is 0.967 bits per heavy atom. The highest BCUT2D eigenvalue weighted by Crippen LogP contribution is 2.26. The molecule has 0 spiro atoms. The van der Waals surface area contributed by atoms with E-state index in [2.05, 4.69) is 4.90 Å². The molecular formula is C22H28N2O5S. The van der Waals surface area contributed by atoms with Crippen molar-refractivity contribution < 1.29 is 22.7 Å². The number of sulfone groups is 1. The highest BCUT2D eigenvalue weighted by Gasteiger charge is 2.23. The summed E-state index contributed by atoms with van der Waals surface area (Å²) in [5, 5.41) is 0. The number of hydrogen-bond donors (Lipinski definition) is 0. The summed E-state index contributed by atoms with van der Waals surface area (Å²) in [6.45, 7) is 5.03. The Bertz CT molecular complexity index is 981. The van der Waals surface area contributed by atoms with Crippen LogP contribution in [0.4, 0.5) is 0 Å². The van der Waals surface area contributed by atoms with E-state index in [0.717, 1.165) is 30.2 Å². The fraction of sp³-hybridized carbons (Fsp3) is 0.409. The van der Waals surface area contributed by atoms with E-state index in [1.54, 1.807) is 33.3 Å². The molecule has 1 aliphatic heterocycles. The minimum Gasteiger partial charge on any atom is -0.497 e. The van der Waals surface area contributed by atoms with Crippen LogP contribution in [0, 0.1) is 0 Å². The van der Waals surface area contributed by atoms with Gasteiger partial charge in [0.1, 0.15) is 11.5 Å². The average Bonchev–Trinajstić information content (AvgIpc) is 2.79. The van der Waals surface area contributed by atoms with Crippen LogP contribution in [-0.2, 0) is 16.4 Å². The first-order valence-electron chi connectivity index (χ1n) is 9.93. The van der Waals surface area contributed by atoms with Crippen molar-refractivity contribution >= 4 is 15.7 Å². The maximum absolute atomic E-state index is 12.8. The van der Waals surface area contributed by atoms with Gasteiger partial charge in [0.2, 0.25) is 0 Å². The van der Waals surface area contributed by atoms with Gasteiger partial charge >= 0.3 is 0 Å². The van der Waals surface area contributed by atoms with Crippen molar-refractivity contribution in [2.75, 3.05) is 46.2 Å². The standard InChI is InChI=1S/C22H28N2O5S/c1-4-30(26,27)20-8-5-17(6-9-20)22(25)24-13-11-23(12-14-24)16-18-15-19(28-2)7-10-21(18)29-3/h5-10,15H,4,11-14,16H2,1-3H3. The lowest BCUT2D eigenvalue weighted by Gasteiger charge is -2.35. The van der Waals surface area contributed by atoms with Crippen molar-refractivity contribution in [1.29, 1.82) is 0 Å². The van der Waals surface area contributed by atoms with Gasteiger partial charge in [-0.3, -0.25) is 9.69 Å². The number of benzene rings is 2. The molecule has 1 aliphatic rings. The molecule has 0 atom stereocenters. The molecule has 30 heavy (non-hydrogen) atoms. The van der Waals surface area contributed by atoms with Gasteiger partial charge in [-0.05, 0) is 42.5 Å². The van der Waals surface area contributed by atoms with Crippen molar-refractivity contribution in [1.82, 2.24) is 9.80 Å². The first kappa shape index (κ1) is 22.1. The van der Waals surface area contributed by atoms with E-state index in [1.165, 1.54) is 12.1 Å². The van der Waals surface area contributed by atoms with Gasteiger partial charge in [0, 0.05) is 43.9 Å². The second kappa shape index (κ2) is 9.49. The zero-order valence-corrected chi connectivity index (χ0v) is 18.4. The fourth-order valence-corrected chi connectivity index (χ4v) is 4.39. The molecule has 1 heterocycles. The molecule has 0 bridgehead atoms. The van der Waals surface area contributed by atoms with Crippen LogP contribution in [0.1, 0.15) is 22.8 Å². The quantitative estimate of drug-likeness (QED) is 0.669. The van der Waals surface area contributed by atoms with Gasteiger partial charge in [-0.15, -0.1) is 0 Å². The SMILES string of the molecule is CCS(=O)(=O)c1ccc(C(=O)N2CCN(Cc3cc(OC)ccc3OC)CC2)cc1. The third-order valence-electron chi connectivity index (χ3n) is 5.38. The van der Waals surface area contributed by atoms with Gasteiger partial charge in [0.25, 0.3) is 5.91 Å². The molecule has 0 aliphatic carbocycles. The van der Waals surface area contributed by atoms with Gasteiger partial charge in [0.15, 0.2) is 9.84 Å². The van der Waals surface area contributed by atoms with E-state index in [-0.39, 0.29) is 16.6 Å². The molecule has 0 unspecified atom stereocenters. The minimum atomic E-state index is -3.26. The van der Waals surface area contributed by atoms with Crippen molar-refractivity contribution in [3.05, 3.63) is 53.6 Å². The molecule has 1 saturated heterocycles. The summed E-state index contributed by atoms with van der Waals surface area (Å²) in [4.78, 5) is 17.1. The van der Waals surface area contributed by atoms with E-state index in [0.29, 0.717) is 25.2 Å². The Morgan fingerprint density at radius 2 is 1.63 bits per heavy atom. The topological polar surface area (TPSA) is 76.2 Å². The largest absolute Gasteiger partial charge is 0.497 e. The van der Waals surface area contributed by atoms with E-state index >= 15 is 0 Å². The van der Waals surface area contributed by atoms with Crippen molar-refractivity contribution in [3.8, 4) is 11.5 Å². The summed E-state index contributed by atoms with van der Waals surface area (Å²) >= 11 is 0. The van der Waals surface area contributed by atoms with Gasteiger partial charge in [-0.1, -0.05) is 6.92 Å². The molecule has 7 nitrogen and oxygen atoms in total. The lowest BCUT2D eigenvalue weighted by molar-refractivity contribution is 0.0627.